The molecule has 3 amide bonds. The van der Waals surface area contributed by atoms with Crippen LogP contribution in [-0.2, 0) is 31.1 Å². The van der Waals surface area contributed by atoms with Gasteiger partial charge in [0.05, 0.1) is 18.6 Å². The third-order valence-electron chi connectivity index (χ3n) is 6.74. The molecule has 0 aliphatic carbocycles. The zero-order chi connectivity index (χ0) is 24.1. The Bertz CT molecular complexity index is 1040. The van der Waals surface area contributed by atoms with Gasteiger partial charge in [0.1, 0.15) is 5.82 Å². The van der Waals surface area contributed by atoms with Crippen molar-refractivity contribution in [1.82, 2.24) is 14.7 Å². The van der Waals surface area contributed by atoms with Gasteiger partial charge in [-0.15, -0.1) is 0 Å². The first-order valence-electron chi connectivity index (χ1n) is 11.6. The van der Waals surface area contributed by atoms with Gasteiger partial charge in [-0.05, 0) is 11.6 Å². The Kier molecular flexibility index (Phi) is 7.38. The number of imide groups is 1. The molecule has 0 bridgehead atoms. The zero-order valence-corrected chi connectivity index (χ0v) is 19.4. The molecule has 4 rings (SSSR count). The van der Waals surface area contributed by atoms with Crippen molar-refractivity contribution in [3.63, 3.8) is 0 Å². The number of halogens is 1. The van der Waals surface area contributed by atoms with E-state index in [0.717, 1.165) is 11.4 Å². The molecule has 2 heterocycles. The molecule has 0 spiro atoms. The molecule has 0 saturated carbocycles. The highest BCUT2D eigenvalue weighted by Gasteiger charge is 2.55. The number of nitrogens with zero attached hydrogens (tertiary/aromatic N) is 3. The van der Waals surface area contributed by atoms with Gasteiger partial charge in [-0.3, -0.25) is 24.2 Å². The van der Waals surface area contributed by atoms with Crippen LogP contribution in [0.2, 0.25) is 0 Å². The monoisotopic (exact) mass is 467 g/mol. The van der Waals surface area contributed by atoms with E-state index in [1.54, 1.807) is 11.0 Å². The van der Waals surface area contributed by atoms with Crippen LogP contribution in [0.25, 0.3) is 0 Å². The van der Waals surface area contributed by atoms with E-state index in [2.05, 4.69) is 17.0 Å². The lowest BCUT2D eigenvalue weighted by molar-refractivity contribution is -0.143. The van der Waals surface area contributed by atoms with Crippen molar-refractivity contribution < 1.29 is 23.5 Å². The quantitative estimate of drug-likeness (QED) is 0.557. The van der Waals surface area contributed by atoms with Crippen molar-refractivity contribution in [2.75, 3.05) is 46.4 Å². The van der Waals surface area contributed by atoms with Crippen molar-refractivity contribution in [1.29, 1.82) is 0 Å². The Morgan fingerprint density at radius 1 is 1.00 bits per heavy atom. The fourth-order valence-corrected chi connectivity index (χ4v) is 4.87. The van der Waals surface area contributed by atoms with Gasteiger partial charge in [-0.25, -0.2) is 4.39 Å². The summed E-state index contributed by atoms with van der Waals surface area (Å²) in [6.45, 7) is 3.53. The summed E-state index contributed by atoms with van der Waals surface area (Å²) >= 11 is 0. The van der Waals surface area contributed by atoms with Gasteiger partial charge in [0.25, 0.3) is 0 Å². The van der Waals surface area contributed by atoms with Crippen LogP contribution in [0.5, 0.6) is 0 Å². The lowest BCUT2D eigenvalue weighted by Crippen LogP contribution is -2.50. The van der Waals surface area contributed by atoms with E-state index in [1.807, 2.05) is 18.2 Å². The van der Waals surface area contributed by atoms with Crippen LogP contribution in [-0.4, -0.2) is 78.9 Å². The number of carbonyl (C=O) groups is 3. The smallest absolute Gasteiger partial charge is 0.241 e. The van der Waals surface area contributed by atoms with Crippen LogP contribution in [0.15, 0.2) is 54.6 Å². The minimum Gasteiger partial charge on any atom is -0.383 e. The van der Waals surface area contributed by atoms with Gasteiger partial charge in [0.15, 0.2) is 0 Å². The topological polar surface area (TPSA) is 70.2 Å². The minimum atomic E-state index is -1.53. The molecule has 0 radical (unpaired) electrons. The summed E-state index contributed by atoms with van der Waals surface area (Å²) in [5.41, 5.74) is -0.217. The highest BCUT2D eigenvalue weighted by Crippen LogP contribution is 2.41. The lowest BCUT2D eigenvalue weighted by Gasteiger charge is -2.36. The average Bonchev–Trinajstić information content (AvgIpc) is 3.08. The number of amides is 3. The van der Waals surface area contributed by atoms with Crippen LogP contribution < -0.4 is 0 Å². The number of rotatable bonds is 8. The predicted octanol–water partition coefficient (Wildman–Crippen LogP) is 2.20. The van der Waals surface area contributed by atoms with Crippen LogP contribution in [0.3, 0.4) is 0 Å². The first-order chi connectivity index (χ1) is 16.4. The van der Waals surface area contributed by atoms with Gasteiger partial charge in [0.2, 0.25) is 17.7 Å². The Balaban J connectivity index is 1.49. The van der Waals surface area contributed by atoms with Crippen molar-refractivity contribution in [3.05, 3.63) is 71.5 Å². The molecular formula is C26H30FN3O4. The van der Waals surface area contributed by atoms with Gasteiger partial charge >= 0.3 is 0 Å². The number of likely N-dealkylation sites (tertiary alicyclic amines) is 1. The van der Waals surface area contributed by atoms with Crippen LogP contribution >= 0.6 is 0 Å². The summed E-state index contributed by atoms with van der Waals surface area (Å²) in [6, 6.07) is 16.1. The summed E-state index contributed by atoms with van der Waals surface area (Å²) in [5, 5.41) is 0. The van der Waals surface area contributed by atoms with E-state index in [9.17, 15) is 18.8 Å². The minimum absolute atomic E-state index is 0.0801. The second-order valence-corrected chi connectivity index (χ2v) is 8.90. The molecule has 0 aromatic heterocycles. The van der Waals surface area contributed by atoms with Crippen molar-refractivity contribution >= 4 is 17.7 Å². The second kappa shape index (κ2) is 10.4. The highest BCUT2D eigenvalue weighted by atomic mass is 19.1. The zero-order valence-electron chi connectivity index (χ0n) is 19.4. The fourth-order valence-electron chi connectivity index (χ4n) is 4.87. The van der Waals surface area contributed by atoms with E-state index in [1.165, 1.54) is 30.9 Å². The van der Waals surface area contributed by atoms with E-state index < -0.39 is 23.0 Å². The second-order valence-electron chi connectivity index (χ2n) is 8.90. The Morgan fingerprint density at radius 2 is 1.68 bits per heavy atom. The van der Waals surface area contributed by atoms with E-state index in [-0.39, 0.29) is 37.5 Å². The maximum atomic E-state index is 14.9. The molecule has 7 nitrogen and oxygen atoms in total. The standard InChI is InChI=1S/C26H30FN3O4/c1-34-16-15-30-24(32)18-26(25(30)33,21-9-5-6-10-22(21)27)17-23(31)29-13-11-28(12-14-29)19-20-7-3-2-4-8-20/h2-10H,11-19H2,1H3. The van der Waals surface area contributed by atoms with Crippen molar-refractivity contribution in [2.45, 2.75) is 24.8 Å². The molecule has 2 aromatic rings. The number of benzene rings is 2. The number of hydrogen-bond acceptors (Lipinski definition) is 5. The summed E-state index contributed by atoms with van der Waals surface area (Å²) in [6.07, 6.45) is -0.461. The molecule has 0 N–H and O–H groups in total. The van der Waals surface area contributed by atoms with Gasteiger partial charge in [-0.2, -0.15) is 0 Å². The summed E-state index contributed by atoms with van der Waals surface area (Å²) < 4.78 is 19.9. The van der Waals surface area contributed by atoms with Crippen molar-refractivity contribution in [2.24, 2.45) is 0 Å². The Labute approximate surface area is 199 Å². The summed E-state index contributed by atoms with van der Waals surface area (Å²) in [7, 11) is 1.48. The SMILES string of the molecule is COCCN1C(=O)CC(CC(=O)N2CCN(Cc3ccccc3)CC2)(c2ccccc2F)C1=O. The Hall–Kier alpha value is -3.10. The normalized spacial score (nSPS) is 21.4. The van der Waals surface area contributed by atoms with E-state index >= 15 is 0 Å². The largest absolute Gasteiger partial charge is 0.383 e. The number of ether oxygens (including phenoxy) is 1. The lowest BCUT2D eigenvalue weighted by atomic mass is 9.75. The van der Waals surface area contributed by atoms with Gasteiger partial charge in [0, 0.05) is 58.2 Å². The molecular weight excluding hydrogens is 437 g/mol. The van der Waals surface area contributed by atoms with Crippen LogP contribution in [0.4, 0.5) is 4.39 Å². The van der Waals surface area contributed by atoms with Crippen LogP contribution in [0, 0.1) is 5.82 Å². The number of piperazine rings is 1. The molecule has 8 heteroatoms. The fraction of sp³-hybridized carbons (Fsp3) is 0.423. The molecule has 1 atom stereocenters. The van der Waals surface area contributed by atoms with E-state index in [4.69, 9.17) is 4.74 Å². The predicted molar refractivity (Wildman–Crippen MR) is 124 cm³/mol. The molecule has 180 valence electrons. The van der Waals surface area contributed by atoms with Gasteiger partial charge in [-0.1, -0.05) is 48.5 Å². The third kappa shape index (κ3) is 4.88. The number of methoxy groups -OCH3 is 1. The number of carbonyl (C=O) groups excluding carboxylic acids is 3. The van der Waals surface area contributed by atoms with E-state index in [0.29, 0.717) is 26.2 Å². The maximum Gasteiger partial charge on any atom is 0.241 e. The maximum absolute atomic E-state index is 14.9. The van der Waals surface area contributed by atoms with Crippen molar-refractivity contribution in [3.8, 4) is 0 Å². The average molecular weight is 468 g/mol. The first-order valence-corrected chi connectivity index (χ1v) is 11.6. The third-order valence-corrected chi connectivity index (χ3v) is 6.74. The molecule has 2 fully saturated rings. The molecule has 1 unspecified atom stereocenters. The number of hydrogen-bond donors (Lipinski definition) is 0. The van der Waals surface area contributed by atoms with Gasteiger partial charge < -0.3 is 9.64 Å². The molecule has 2 aromatic carbocycles. The molecule has 2 aliphatic heterocycles. The first kappa shape index (κ1) is 24.0. The summed E-state index contributed by atoms with van der Waals surface area (Å²) in [5.74, 6) is -1.77. The molecule has 2 saturated heterocycles. The summed E-state index contributed by atoms with van der Waals surface area (Å²) in [4.78, 5) is 44.7. The van der Waals surface area contributed by atoms with Crippen LogP contribution in [0.1, 0.15) is 24.0 Å². The Morgan fingerprint density at radius 3 is 2.35 bits per heavy atom. The molecule has 2 aliphatic rings. The highest BCUT2D eigenvalue weighted by molar-refractivity contribution is 6.10. The molecule has 34 heavy (non-hydrogen) atoms.